The van der Waals surface area contributed by atoms with Crippen molar-refractivity contribution in [1.29, 1.82) is 0 Å². The van der Waals surface area contributed by atoms with Gasteiger partial charge in [-0.1, -0.05) is 43.3 Å². The second-order valence-electron chi connectivity index (χ2n) is 6.55. The molecule has 4 rings (SSSR count). The lowest BCUT2D eigenvalue weighted by molar-refractivity contribution is 0.303. The van der Waals surface area contributed by atoms with E-state index in [0.29, 0.717) is 5.92 Å². The van der Waals surface area contributed by atoms with Crippen LogP contribution in [0.3, 0.4) is 0 Å². The van der Waals surface area contributed by atoms with Crippen LogP contribution in [0.4, 0.5) is 0 Å². The summed E-state index contributed by atoms with van der Waals surface area (Å²) in [4.78, 5) is 3.44. The molecule has 118 valence electrons. The van der Waals surface area contributed by atoms with Gasteiger partial charge >= 0.3 is 0 Å². The molecule has 0 radical (unpaired) electrons. The second kappa shape index (κ2) is 6.11. The molecule has 1 aromatic heterocycles. The number of ether oxygens (including phenoxy) is 1. The molecule has 1 unspecified atom stereocenters. The molecule has 23 heavy (non-hydrogen) atoms. The van der Waals surface area contributed by atoms with Gasteiger partial charge in [-0.05, 0) is 48.4 Å². The Hall–Kier alpha value is -2.22. The quantitative estimate of drug-likeness (QED) is 0.639. The standard InChI is InChI=1S/C21H23NO/c1-2-17(16-7-4-3-5-8-16)18-13-22-19-9-6-10-20(21(18)19)23-14-15-11-12-15/h3-10,13,15,17,22H,2,11-12,14H2,1H3. The van der Waals surface area contributed by atoms with E-state index in [4.69, 9.17) is 4.74 Å². The number of benzene rings is 2. The van der Waals surface area contributed by atoms with Crippen molar-refractivity contribution in [2.75, 3.05) is 6.61 Å². The number of H-pyrrole nitrogens is 1. The van der Waals surface area contributed by atoms with Gasteiger partial charge in [0.2, 0.25) is 0 Å². The molecule has 0 aliphatic heterocycles. The highest BCUT2D eigenvalue weighted by Crippen LogP contribution is 2.38. The molecule has 2 heteroatoms. The molecule has 2 nitrogen and oxygen atoms in total. The predicted octanol–water partition coefficient (Wildman–Crippen LogP) is 5.50. The van der Waals surface area contributed by atoms with Crippen molar-refractivity contribution in [3.05, 3.63) is 65.9 Å². The fourth-order valence-electron chi connectivity index (χ4n) is 3.38. The molecule has 0 saturated heterocycles. The minimum atomic E-state index is 0.399. The number of aromatic nitrogens is 1. The van der Waals surface area contributed by atoms with Crippen LogP contribution in [0.25, 0.3) is 10.9 Å². The summed E-state index contributed by atoms with van der Waals surface area (Å²) in [6.07, 6.45) is 5.87. The Morgan fingerprint density at radius 2 is 1.91 bits per heavy atom. The highest BCUT2D eigenvalue weighted by atomic mass is 16.5. The summed E-state index contributed by atoms with van der Waals surface area (Å²) in [5, 5.41) is 1.25. The second-order valence-corrected chi connectivity index (χ2v) is 6.55. The number of fused-ring (bicyclic) bond motifs is 1. The van der Waals surface area contributed by atoms with E-state index in [1.807, 2.05) is 0 Å². The minimum absolute atomic E-state index is 0.399. The Morgan fingerprint density at radius 3 is 2.65 bits per heavy atom. The maximum atomic E-state index is 6.15. The molecular weight excluding hydrogens is 282 g/mol. The van der Waals surface area contributed by atoms with Crippen molar-refractivity contribution in [2.45, 2.75) is 32.1 Å². The fraction of sp³-hybridized carbons (Fsp3) is 0.333. The number of aromatic amines is 1. The third-order valence-corrected chi connectivity index (χ3v) is 4.86. The predicted molar refractivity (Wildman–Crippen MR) is 95.1 cm³/mol. The number of hydrogen-bond acceptors (Lipinski definition) is 1. The van der Waals surface area contributed by atoms with Crippen molar-refractivity contribution >= 4 is 10.9 Å². The first kappa shape index (κ1) is 14.4. The van der Waals surface area contributed by atoms with Crippen molar-refractivity contribution in [1.82, 2.24) is 4.98 Å². The summed E-state index contributed by atoms with van der Waals surface area (Å²) in [6.45, 7) is 3.11. The van der Waals surface area contributed by atoms with Gasteiger partial charge in [0.05, 0.1) is 6.61 Å². The molecule has 3 aromatic rings. The van der Waals surface area contributed by atoms with Gasteiger partial charge in [-0.2, -0.15) is 0 Å². The number of nitrogens with one attached hydrogen (secondary N) is 1. The van der Waals surface area contributed by atoms with E-state index in [9.17, 15) is 0 Å². The van der Waals surface area contributed by atoms with Gasteiger partial charge in [-0.3, -0.25) is 0 Å². The Kier molecular flexibility index (Phi) is 3.82. The molecule has 1 fully saturated rings. The molecule has 1 saturated carbocycles. The summed E-state index contributed by atoms with van der Waals surface area (Å²) in [6, 6.07) is 17.1. The third kappa shape index (κ3) is 2.86. The first-order valence-electron chi connectivity index (χ1n) is 8.64. The van der Waals surface area contributed by atoms with Crippen molar-refractivity contribution in [2.24, 2.45) is 5.92 Å². The average Bonchev–Trinajstić information content (AvgIpc) is 3.34. The largest absolute Gasteiger partial charge is 0.493 e. The molecule has 2 aromatic carbocycles. The van der Waals surface area contributed by atoms with E-state index in [2.05, 4.69) is 66.6 Å². The Bertz CT molecular complexity index is 786. The summed E-state index contributed by atoms with van der Waals surface area (Å²) in [7, 11) is 0. The number of rotatable bonds is 6. The van der Waals surface area contributed by atoms with Crippen LogP contribution in [0.5, 0.6) is 5.75 Å². The zero-order valence-corrected chi connectivity index (χ0v) is 13.6. The zero-order valence-electron chi connectivity index (χ0n) is 13.6. The Balaban J connectivity index is 1.76. The number of hydrogen-bond donors (Lipinski definition) is 1. The van der Waals surface area contributed by atoms with Crippen LogP contribution >= 0.6 is 0 Å². The highest BCUT2D eigenvalue weighted by Gasteiger charge is 2.23. The van der Waals surface area contributed by atoms with Gasteiger partial charge in [-0.25, -0.2) is 0 Å². The Labute approximate surface area is 137 Å². The first-order valence-corrected chi connectivity index (χ1v) is 8.64. The van der Waals surface area contributed by atoms with Gasteiger partial charge in [0.25, 0.3) is 0 Å². The van der Waals surface area contributed by atoms with Crippen molar-refractivity contribution < 1.29 is 4.74 Å². The zero-order chi connectivity index (χ0) is 15.6. The molecule has 1 atom stereocenters. The lowest BCUT2D eigenvalue weighted by Gasteiger charge is -2.16. The molecule has 0 spiro atoms. The molecule has 0 amide bonds. The maximum Gasteiger partial charge on any atom is 0.128 e. The Morgan fingerprint density at radius 1 is 1.09 bits per heavy atom. The van der Waals surface area contributed by atoms with Crippen LogP contribution in [-0.4, -0.2) is 11.6 Å². The van der Waals surface area contributed by atoms with Crippen LogP contribution in [-0.2, 0) is 0 Å². The summed E-state index contributed by atoms with van der Waals surface area (Å²) >= 11 is 0. The average molecular weight is 305 g/mol. The first-order chi connectivity index (χ1) is 11.4. The monoisotopic (exact) mass is 305 g/mol. The molecule has 0 bridgehead atoms. The smallest absolute Gasteiger partial charge is 0.128 e. The van der Waals surface area contributed by atoms with Gasteiger partial charge in [0.15, 0.2) is 0 Å². The van der Waals surface area contributed by atoms with E-state index in [-0.39, 0.29) is 0 Å². The van der Waals surface area contributed by atoms with E-state index in [0.717, 1.165) is 24.7 Å². The summed E-state index contributed by atoms with van der Waals surface area (Å²) in [5.41, 5.74) is 3.88. The molecular formula is C21H23NO. The van der Waals surface area contributed by atoms with Crippen molar-refractivity contribution in [3.8, 4) is 5.75 Å². The van der Waals surface area contributed by atoms with Gasteiger partial charge in [-0.15, -0.1) is 0 Å². The molecule has 1 N–H and O–H groups in total. The van der Waals surface area contributed by atoms with Crippen LogP contribution in [0.15, 0.2) is 54.7 Å². The van der Waals surface area contributed by atoms with Crippen LogP contribution in [0.1, 0.15) is 43.2 Å². The fourth-order valence-corrected chi connectivity index (χ4v) is 3.38. The van der Waals surface area contributed by atoms with E-state index < -0.39 is 0 Å². The third-order valence-electron chi connectivity index (χ3n) is 4.86. The maximum absolute atomic E-state index is 6.15. The van der Waals surface area contributed by atoms with E-state index in [1.165, 1.54) is 34.9 Å². The normalized spacial score (nSPS) is 15.7. The lowest BCUT2D eigenvalue weighted by Crippen LogP contribution is -2.02. The molecule has 1 aliphatic rings. The van der Waals surface area contributed by atoms with Crippen LogP contribution < -0.4 is 4.74 Å². The minimum Gasteiger partial charge on any atom is -0.493 e. The lowest BCUT2D eigenvalue weighted by atomic mass is 9.89. The van der Waals surface area contributed by atoms with Crippen LogP contribution in [0, 0.1) is 5.92 Å². The highest BCUT2D eigenvalue weighted by molar-refractivity contribution is 5.90. The molecule has 1 aliphatic carbocycles. The van der Waals surface area contributed by atoms with Crippen molar-refractivity contribution in [3.63, 3.8) is 0 Å². The molecule has 1 heterocycles. The summed E-state index contributed by atoms with van der Waals surface area (Å²) in [5.74, 6) is 2.19. The van der Waals surface area contributed by atoms with E-state index >= 15 is 0 Å². The van der Waals surface area contributed by atoms with Gasteiger partial charge < -0.3 is 9.72 Å². The van der Waals surface area contributed by atoms with Gasteiger partial charge in [0.1, 0.15) is 5.75 Å². The topological polar surface area (TPSA) is 25.0 Å². The van der Waals surface area contributed by atoms with Gasteiger partial charge in [0, 0.05) is 23.0 Å². The SMILES string of the molecule is CCC(c1ccccc1)c1c[nH]c2cccc(OCC3CC3)c12. The van der Waals surface area contributed by atoms with Crippen LogP contribution in [0.2, 0.25) is 0 Å². The van der Waals surface area contributed by atoms with E-state index in [1.54, 1.807) is 0 Å². The summed E-state index contributed by atoms with van der Waals surface area (Å²) < 4.78 is 6.15.